The zero-order chi connectivity index (χ0) is 24.4. The van der Waals surface area contributed by atoms with Crippen LogP contribution in [-0.4, -0.2) is 85.9 Å². The van der Waals surface area contributed by atoms with E-state index in [1.165, 1.54) is 19.4 Å². The van der Waals surface area contributed by atoms with Crippen LogP contribution in [0.4, 0.5) is 0 Å². The van der Waals surface area contributed by atoms with E-state index in [9.17, 15) is 29.4 Å². The summed E-state index contributed by atoms with van der Waals surface area (Å²) in [6.45, 7) is 4.19. The molecule has 0 fully saturated rings. The number of carbonyl (C=O) groups excluding carboxylic acids is 3. The summed E-state index contributed by atoms with van der Waals surface area (Å²) in [5.41, 5.74) is 5.91. The van der Waals surface area contributed by atoms with E-state index in [4.69, 9.17) is 10.8 Å². The Hall–Kier alpha value is -3.03. The molecule has 0 bridgehead atoms. The zero-order valence-corrected chi connectivity index (χ0v) is 18.2. The number of aromatic nitrogens is 2. The summed E-state index contributed by atoms with van der Waals surface area (Å²) in [5.74, 6) is -3.75. The molecule has 13 nitrogen and oxygen atoms in total. The van der Waals surface area contributed by atoms with E-state index in [-0.39, 0.29) is 18.8 Å². The Morgan fingerprint density at radius 1 is 1.06 bits per heavy atom. The number of nitrogens with two attached hydrogens (primary N) is 1. The number of hydrogen-bond acceptors (Lipinski definition) is 8. The number of rotatable bonds is 13. The second-order valence-corrected chi connectivity index (χ2v) is 7.89. The number of amides is 3. The molecule has 13 heteroatoms. The van der Waals surface area contributed by atoms with Gasteiger partial charge in [0.2, 0.25) is 17.7 Å². The van der Waals surface area contributed by atoms with Crippen LogP contribution in [0.3, 0.4) is 0 Å². The molecule has 1 aromatic rings. The molecule has 0 aliphatic heterocycles. The summed E-state index contributed by atoms with van der Waals surface area (Å²) >= 11 is 0. The van der Waals surface area contributed by atoms with Gasteiger partial charge in [-0.15, -0.1) is 0 Å². The number of aliphatic hydroxyl groups is 2. The summed E-state index contributed by atoms with van der Waals surface area (Å²) in [6.07, 6.45) is 1.58. The number of aromatic amines is 1. The first-order valence-electron chi connectivity index (χ1n) is 10.1. The van der Waals surface area contributed by atoms with E-state index >= 15 is 0 Å². The van der Waals surface area contributed by atoms with Gasteiger partial charge in [-0.25, -0.2) is 9.78 Å². The zero-order valence-electron chi connectivity index (χ0n) is 18.2. The molecule has 0 aliphatic carbocycles. The van der Waals surface area contributed by atoms with Crippen LogP contribution in [0.5, 0.6) is 0 Å². The average molecular weight is 457 g/mol. The average Bonchev–Trinajstić information content (AvgIpc) is 3.22. The van der Waals surface area contributed by atoms with Crippen LogP contribution >= 0.6 is 0 Å². The monoisotopic (exact) mass is 456 g/mol. The van der Waals surface area contributed by atoms with Gasteiger partial charge < -0.3 is 42.0 Å². The Balaban J connectivity index is 3.03. The third-order valence-corrected chi connectivity index (χ3v) is 4.53. The Kier molecular flexibility index (Phi) is 10.7. The van der Waals surface area contributed by atoms with Crippen molar-refractivity contribution < 1.29 is 34.5 Å². The van der Waals surface area contributed by atoms with Crippen LogP contribution in [0.2, 0.25) is 0 Å². The molecule has 5 atom stereocenters. The molecule has 180 valence electrons. The van der Waals surface area contributed by atoms with Gasteiger partial charge in [-0.05, 0) is 19.3 Å². The van der Waals surface area contributed by atoms with E-state index < -0.39 is 60.6 Å². The standard InChI is InChI=1S/C19H32N6O7/c1-9(2)4-14(19(31)32)24-17(29)13(5-11-6-21-8-22-11)23-18(30)15(10(3)27)25-16(28)12(20)7-26/h6,8-10,12-15,26-27H,4-5,7,20H2,1-3H3,(H,21,22)(H,23,30)(H,24,29)(H,25,28)(H,31,32). The molecule has 9 N–H and O–H groups in total. The highest BCUT2D eigenvalue weighted by molar-refractivity contribution is 5.94. The number of nitrogens with zero attached hydrogens (tertiary/aromatic N) is 1. The van der Waals surface area contributed by atoms with Crippen molar-refractivity contribution in [3.05, 3.63) is 18.2 Å². The summed E-state index contributed by atoms with van der Waals surface area (Å²) in [5, 5.41) is 35.4. The van der Waals surface area contributed by atoms with Crippen LogP contribution in [0.25, 0.3) is 0 Å². The Morgan fingerprint density at radius 2 is 1.69 bits per heavy atom. The molecule has 1 rings (SSSR count). The van der Waals surface area contributed by atoms with Crippen molar-refractivity contribution in [3.63, 3.8) is 0 Å². The topological polar surface area (TPSA) is 220 Å². The number of carboxylic acid groups (broad SMARTS) is 1. The van der Waals surface area contributed by atoms with Gasteiger partial charge in [0, 0.05) is 18.3 Å². The second-order valence-electron chi connectivity index (χ2n) is 7.89. The van der Waals surface area contributed by atoms with E-state index in [0.29, 0.717) is 5.69 Å². The lowest BCUT2D eigenvalue weighted by molar-refractivity contribution is -0.143. The molecule has 1 heterocycles. The second kappa shape index (κ2) is 12.7. The van der Waals surface area contributed by atoms with Crippen molar-refractivity contribution in [2.45, 2.75) is 63.9 Å². The maximum Gasteiger partial charge on any atom is 0.326 e. The van der Waals surface area contributed by atoms with Crippen LogP contribution in [-0.2, 0) is 25.6 Å². The molecule has 0 saturated carbocycles. The number of hydrogen-bond donors (Lipinski definition) is 8. The van der Waals surface area contributed by atoms with Gasteiger partial charge >= 0.3 is 5.97 Å². The van der Waals surface area contributed by atoms with Gasteiger partial charge in [0.15, 0.2) is 0 Å². The molecule has 3 amide bonds. The van der Waals surface area contributed by atoms with Crippen LogP contribution in [0, 0.1) is 5.92 Å². The molecule has 0 aliphatic rings. The first-order chi connectivity index (χ1) is 15.0. The number of carboxylic acids is 1. The van der Waals surface area contributed by atoms with Gasteiger partial charge in [-0.1, -0.05) is 13.8 Å². The molecule has 32 heavy (non-hydrogen) atoms. The fraction of sp³-hybridized carbons (Fsp3) is 0.632. The molecule has 0 spiro atoms. The first-order valence-corrected chi connectivity index (χ1v) is 10.1. The lowest BCUT2D eigenvalue weighted by Crippen LogP contribution is -2.60. The number of aliphatic hydroxyl groups excluding tert-OH is 2. The largest absolute Gasteiger partial charge is 0.480 e. The summed E-state index contributed by atoms with van der Waals surface area (Å²) < 4.78 is 0. The molecule has 5 unspecified atom stereocenters. The predicted octanol–water partition coefficient (Wildman–Crippen LogP) is -2.76. The van der Waals surface area contributed by atoms with Crippen molar-refractivity contribution >= 4 is 23.7 Å². The van der Waals surface area contributed by atoms with Gasteiger partial charge in [-0.3, -0.25) is 14.4 Å². The minimum Gasteiger partial charge on any atom is -0.480 e. The minimum atomic E-state index is -1.47. The predicted molar refractivity (Wildman–Crippen MR) is 112 cm³/mol. The lowest BCUT2D eigenvalue weighted by Gasteiger charge is -2.26. The van der Waals surface area contributed by atoms with Crippen molar-refractivity contribution in [3.8, 4) is 0 Å². The number of carbonyl (C=O) groups is 4. The minimum absolute atomic E-state index is 0.0115. The van der Waals surface area contributed by atoms with Crippen LogP contribution < -0.4 is 21.7 Å². The molecule has 1 aromatic heterocycles. The van der Waals surface area contributed by atoms with Crippen molar-refractivity contribution in [1.29, 1.82) is 0 Å². The first kappa shape index (κ1) is 27.0. The Labute approximate surface area is 185 Å². The summed E-state index contributed by atoms with van der Waals surface area (Å²) in [4.78, 5) is 55.7. The van der Waals surface area contributed by atoms with E-state index in [2.05, 4.69) is 25.9 Å². The third kappa shape index (κ3) is 8.61. The van der Waals surface area contributed by atoms with E-state index in [0.717, 1.165) is 0 Å². The number of nitrogens with one attached hydrogen (secondary N) is 4. The fourth-order valence-corrected chi connectivity index (χ4v) is 2.80. The van der Waals surface area contributed by atoms with Crippen molar-refractivity contribution in [2.24, 2.45) is 11.7 Å². The molecule has 0 aromatic carbocycles. The number of imidazole rings is 1. The lowest BCUT2D eigenvalue weighted by atomic mass is 10.0. The Bertz CT molecular complexity index is 768. The highest BCUT2D eigenvalue weighted by atomic mass is 16.4. The summed E-state index contributed by atoms with van der Waals surface area (Å²) in [7, 11) is 0. The molecular formula is C19H32N6O7. The quantitative estimate of drug-likeness (QED) is 0.154. The van der Waals surface area contributed by atoms with Gasteiger partial charge in [0.05, 0.1) is 19.0 Å². The molecular weight excluding hydrogens is 424 g/mol. The highest BCUT2D eigenvalue weighted by Gasteiger charge is 2.32. The smallest absolute Gasteiger partial charge is 0.326 e. The normalized spacial score (nSPS) is 15.8. The van der Waals surface area contributed by atoms with Crippen molar-refractivity contribution in [1.82, 2.24) is 25.9 Å². The molecule has 0 saturated heterocycles. The van der Waals surface area contributed by atoms with Gasteiger partial charge in [0.25, 0.3) is 0 Å². The third-order valence-electron chi connectivity index (χ3n) is 4.53. The maximum atomic E-state index is 12.8. The maximum absolute atomic E-state index is 12.8. The van der Waals surface area contributed by atoms with Crippen molar-refractivity contribution in [2.75, 3.05) is 6.61 Å². The van der Waals surface area contributed by atoms with Crippen LogP contribution in [0.1, 0.15) is 32.9 Å². The van der Waals surface area contributed by atoms with E-state index in [1.807, 2.05) is 0 Å². The fourth-order valence-electron chi connectivity index (χ4n) is 2.80. The summed E-state index contributed by atoms with van der Waals surface area (Å²) in [6, 6.07) is -5.18. The number of H-pyrrole nitrogens is 1. The SMILES string of the molecule is CC(C)CC(NC(=O)C(Cc1cnc[nH]1)NC(=O)C(NC(=O)C(N)CO)C(C)O)C(=O)O. The Morgan fingerprint density at radius 3 is 2.16 bits per heavy atom. The van der Waals surface area contributed by atoms with Crippen LogP contribution in [0.15, 0.2) is 12.5 Å². The van der Waals surface area contributed by atoms with Gasteiger partial charge in [0.1, 0.15) is 24.2 Å². The van der Waals surface area contributed by atoms with E-state index in [1.54, 1.807) is 13.8 Å². The van der Waals surface area contributed by atoms with Gasteiger partial charge in [-0.2, -0.15) is 0 Å². The number of aliphatic carboxylic acids is 1. The molecule has 0 radical (unpaired) electrons. The highest BCUT2D eigenvalue weighted by Crippen LogP contribution is 2.07.